The predicted octanol–water partition coefficient (Wildman–Crippen LogP) is 3.49. The Morgan fingerprint density at radius 2 is 2.14 bits per heavy atom. The van der Waals surface area contributed by atoms with E-state index in [1.807, 2.05) is 31.2 Å². The number of benzene rings is 1. The number of carbonyl (C=O) groups is 1. The lowest BCUT2D eigenvalue weighted by atomic mass is 9.58. The van der Waals surface area contributed by atoms with Crippen molar-refractivity contribution in [3.63, 3.8) is 0 Å². The minimum absolute atomic E-state index is 0.0154. The molecule has 1 aromatic heterocycles. The first kappa shape index (κ1) is 19.2. The molecule has 7 heteroatoms. The molecule has 5 rings (SSSR count). The average molecular weight is 393 g/mol. The largest absolute Gasteiger partial charge is 0.402 e. The van der Waals surface area contributed by atoms with Crippen LogP contribution in [0.2, 0.25) is 0 Å². The summed E-state index contributed by atoms with van der Waals surface area (Å²) >= 11 is 0. The Balaban J connectivity index is 1.56. The SMILES string of the molecule is CN=C/C=C(\N)C12CCC(C1)C2C(=O)Nc1ccc(C)c(-c2ncc(F)cn2)c1. The number of allylic oxidation sites excluding steroid dienone is 2. The van der Waals surface area contributed by atoms with Crippen LogP contribution in [-0.2, 0) is 4.79 Å². The molecule has 3 saturated carbocycles. The van der Waals surface area contributed by atoms with Crippen molar-refractivity contribution in [3.05, 3.63) is 53.7 Å². The number of aromatic nitrogens is 2. The molecular formula is C22H24FN5O. The summed E-state index contributed by atoms with van der Waals surface area (Å²) in [6.07, 6.45) is 8.66. The van der Waals surface area contributed by atoms with Crippen LogP contribution >= 0.6 is 0 Å². The Morgan fingerprint density at radius 1 is 1.38 bits per heavy atom. The second-order valence-electron chi connectivity index (χ2n) is 7.91. The maximum Gasteiger partial charge on any atom is 0.228 e. The molecule has 0 radical (unpaired) electrons. The van der Waals surface area contributed by atoms with E-state index in [0.29, 0.717) is 17.4 Å². The quantitative estimate of drug-likeness (QED) is 0.761. The Hall–Kier alpha value is -3.09. The number of anilines is 1. The highest BCUT2D eigenvalue weighted by atomic mass is 19.1. The molecular weight excluding hydrogens is 369 g/mol. The predicted molar refractivity (Wildman–Crippen MR) is 111 cm³/mol. The van der Waals surface area contributed by atoms with Crippen molar-refractivity contribution in [1.82, 2.24) is 9.97 Å². The zero-order valence-electron chi connectivity index (χ0n) is 16.5. The molecule has 150 valence electrons. The van der Waals surface area contributed by atoms with Crippen LogP contribution in [0.3, 0.4) is 0 Å². The van der Waals surface area contributed by atoms with Gasteiger partial charge >= 0.3 is 0 Å². The molecule has 2 bridgehead atoms. The van der Waals surface area contributed by atoms with Gasteiger partial charge in [-0.05, 0) is 55.9 Å². The third kappa shape index (κ3) is 3.30. The molecule has 3 N–H and O–H groups in total. The molecule has 0 aliphatic heterocycles. The number of nitrogens with one attached hydrogen (secondary N) is 1. The van der Waals surface area contributed by atoms with Crippen LogP contribution in [0.5, 0.6) is 0 Å². The summed E-state index contributed by atoms with van der Waals surface area (Å²) in [6, 6.07) is 5.59. The van der Waals surface area contributed by atoms with Crippen LogP contribution in [0.1, 0.15) is 24.8 Å². The standard InChI is InChI=1S/C22H24FN5O/c1-13-3-4-16(9-17(13)20-26-11-15(23)12-27-20)28-21(29)19-14-5-7-22(19,10-14)18(24)6-8-25-2/h3-4,6,8-9,11-12,14,19H,5,7,10,24H2,1-2H3,(H,28,29)/b18-6-,25-8?. The van der Waals surface area contributed by atoms with Gasteiger partial charge in [0.15, 0.2) is 11.6 Å². The van der Waals surface area contributed by atoms with Crippen LogP contribution in [0.15, 0.2) is 47.4 Å². The summed E-state index contributed by atoms with van der Waals surface area (Å²) in [7, 11) is 1.70. The van der Waals surface area contributed by atoms with Crippen molar-refractivity contribution in [2.45, 2.75) is 26.2 Å². The number of hydrogen-bond acceptors (Lipinski definition) is 5. The van der Waals surface area contributed by atoms with Gasteiger partial charge in [0.05, 0.1) is 18.3 Å². The summed E-state index contributed by atoms with van der Waals surface area (Å²) in [5, 5.41) is 3.04. The summed E-state index contributed by atoms with van der Waals surface area (Å²) in [4.78, 5) is 25.2. The molecule has 0 saturated heterocycles. The van der Waals surface area contributed by atoms with E-state index in [4.69, 9.17) is 5.73 Å². The van der Waals surface area contributed by atoms with Crippen molar-refractivity contribution >= 4 is 17.8 Å². The van der Waals surface area contributed by atoms with E-state index in [1.165, 1.54) is 0 Å². The first-order valence-electron chi connectivity index (χ1n) is 9.72. The van der Waals surface area contributed by atoms with Gasteiger partial charge in [0.2, 0.25) is 5.91 Å². The monoisotopic (exact) mass is 393 g/mol. The number of nitrogens with two attached hydrogens (primary N) is 1. The van der Waals surface area contributed by atoms with E-state index in [1.54, 1.807) is 13.3 Å². The van der Waals surface area contributed by atoms with Crippen LogP contribution in [0, 0.1) is 30.0 Å². The van der Waals surface area contributed by atoms with E-state index in [9.17, 15) is 9.18 Å². The number of hydrogen-bond donors (Lipinski definition) is 2. The van der Waals surface area contributed by atoms with E-state index < -0.39 is 5.82 Å². The van der Waals surface area contributed by atoms with Gasteiger partial charge in [-0.25, -0.2) is 14.4 Å². The zero-order valence-corrected chi connectivity index (χ0v) is 16.5. The number of aliphatic imine (C=N–C) groups is 1. The van der Waals surface area contributed by atoms with Gasteiger partial charge in [-0.3, -0.25) is 9.79 Å². The maximum atomic E-state index is 13.1. The van der Waals surface area contributed by atoms with E-state index >= 15 is 0 Å². The average Bonchev–Trinajstić information content (AvgIpc) is 3.29. The Morgan fingerprint density at radius 3 is 2.83 bits per heavy atom. The molecule has 3 aliphatic rings. The van der Waals surface area contributed by atoms with E-state index in [-0.39, 0.29) is 17.2 Å². The van der Waals surface area contributed by atoms with Crippen molar-refractivity contribution in [3.8, 4) is 11.4 Å². The summed E-state index contributed by atoms with van der Waals surface area (Å²) in [5.74, 6) is 0.159. The van der Waals surface area contributed by atoms with Crippen molar-refractivity contribution < 1.29 is 9.18 Å². The van der Waals surface area contributed by atoms with Crippen molar-refractivity contribution in [1.29, 1.82) is 0 Å². The van der Waals surface area contributed by atoms with Crippen molar-refractivity contribution in [2.24, 2.45) is 28.0 Å². The van der Waals surface area contributed by atoms with Gasteiger partial charge in [0.1, 0.15) is 0 Å². The molecule has 3 atom stereocenters. The second kappa shape index (κ2) is 7.39. The number of fused-ring (bicyclic) bond motifs is 1. The highest BCUT2D eigenvalue weighted by Gasteiger charge is 2.63. The highest BCUT2D eigenvalue weighted by Crippen LogP contribution is 2.65. The van der Waals surface area contributed by atoms with Gasteiger partial charge in [0, 0.05) is 35.6 Å². The number of carbonyl (C=O) groups excluding carboxylic acids is 1. The third-order valence-electron chi connectivity index (χ3n) is 6.28. The molecule has 3 aliphatic carbocycles. The van der Waals surface area contributed by atoms with Crippen LogP contribution in [0.4, 0.5) is 10.1 Å². The maximum absolute atomic E-state index is 13.1. The van der Waals surface area contributed by atoms with Crippen molar-refractivity contribution in [2.75, 3.05) is 12.4 Å². The smallest absolute Gasteiger partial charge is 0.228 e. The molecule has 29 heavy (non-hydrogen) atoms. The number of halogens is 1. The number of rotatable bonds is 5. The van der Waals surface area contributed by atoms with Crippen LogP contribution in [0.25, 0.3) is 11.4 Å². The first-order valence-corrected chi connectivity index (χ1v) is 9.72. The molecule has 2 aromatic rings. The topological polar surface area (TPSA) is 93.3 Å². The summed E-state index contributed by atoms with van der Waals surface area (Å²) in [5.41, 5.74) is 9.18. The molecule has 3 fully saturated rings. The van der Waals surface area contributed by atoms with E-state index in [2.05, 4.69) is 20.3 Å². The Bertz CT molecular complexity index is 997. The van der Waals surface area contributed by atoms with Gasteiger partial charge in [-0.15, -0.1) is 0 Å². The van der Waals surface area contributed by atoms with Gasteiger partial charge in [-0.2, -0.15) is 0 Å². The molecule has 1 amide bonds. The first-order chi connectivity index (χ1) is 13.9. The molecule has 6 nitrogen and oxygen atoms in total. The fraction of sp³-hybridized carbons (Fsp3) is 0.364. The lowest BCUT2D eigenvalue weighted by molar-refractivity contribution is -0.129. The normalized spacial score (nSPS) is 25.8. The number of amides is 1. The third-order valence-corrected chi connectivity index (χ3v) is 6.28. The minimum atomic E-state index is -0.486. The lowest BCUT2D eigenvalue weighted by Gasteiger charge is -2.46. The van der Waals surface area contributed by atoms with E-state index in [0.717, 1.165) is 48.5 Å². The van der Waals surface area contributed by atoms with Crippen LogP contribution in [-0.4, -0.2) is 29.1 Å². The zero-order chi connectivity index (χ0) is 20.6. The highest BCUT2D eigenvalue weighted by molar-refractivity contribution is 5.95. The second-order valence-corrected chi connectivity index (χ2v) is 7.91. The lowest BCUT2D eigenvalue weighted by Crippen LogP contribution is -2.50. The molecule has 1 heterocycles. The van der Waals surface area contributed by atoms with Gasteiger partial charge in [0.25, 0.3) is 0 Å². The number of aryl methyl sites for hydroxylation is 1. The molecule has 1 aromatic carbocycles. The fourth-order valence-electron chi connectivity index (χ4n) is 4.81. The van der Waals surface area contributed by atoms with Crippen LogP contribution < -0.4 is 11.1 Å². The van der Waals surface area contributed by atoms with Gasteiger partial charge in [-0.1, -0.05) is 6.07 Å². The Labute approximate surface area is 169 Å². The summed E-state index contributed by atoms with van der Waals surface area (Å²) < 4.78 is 13.1. The molecule has 0 spiro atoms. The number of nitrogens with zero attached hydrogens (tertiary/aromatic N) is 3. The van der Waals surface area contributed by atoms with Gasteiger partial charge < -0.3 is 11.1 Å². The summed E-state index contributed by atoms with van der Waals surface area (Å²) in [6.45, 7) is 1.93. The fourth-order valence-corrected chi connectivity index (χ4v) is 4.81. The Kier molecular flexibility index (Phi) is 4.90. The minimum Gasteiger partial charge on any atom is -0.402 e. The molecule has 3 unspecified atom stereocenters.